The molecule has 0 aromatic heterocycles. The van der Waals surface area contributed by atoms with Gasteiger partial charge in [0.15, 0.2) is 9.84 Å². The summed E-state index contributed by atoms with van der Waals surface area (Å²) in [5, 5.41) is 9.11. The molecule has 1 fully saturated rings. The number of hydrogen-bond donors (Lipinski definition) is 1. The first-order chi connectivity index (χ1) is 9.92. The molecule has 1 aromatic carbocycles. The van der Waals surface area contributed by atoms with E-state index in [1.807, 2.05) is 4.90 Å². The first-order valence-corrected chi connectivity index (χ1v) is 8.83. The molecular weight excluding hydrogens is 290 g/mol. The van der Waals surface area contributed by atoms with Gasteiger partial charge in [-0.15, -0.1) is 0 Å². The van der Waals surface area contributed by atoms with Crippen LogP contribution >= 0.6 is 0 Å². The second kappa shape index (κ2) is 6.58. The molecule has 1 unspecified atom stereocenters. The van der Waals surface area contributed by atoms with Crippen LogP contribution in [0.3, 0.4) is 0 Å². The number of aliphatic carboxylic acids is 1. The van der Waals surface area contributed by atoms with Gasteiger partial charge in [0.1, 0.15) is 6.04 Å². The number of benzene rings is 1. The molecule has 1 atom stereocenters. The van der Waals surface area contributed by atoms with Crippen LogP contribution in [0.15, 0.2) is 35.2 Å². The molecule has 0 heterocycles. The van der Waals surface area contributed by atoms with E-state index >= 15 is 0 Å². The maximum atomic E-state index is 12.2. The predicted molar refractivity (Wildman–Crippen MR) is 79.9 cm³/mol. The molecule has 0 aliphatic heterocycles. The molecule has 0 bridgehead atoms. The Bertz CT molecular complexity index is 581. The molecule has 5 nitrogen and oxygen atoms in total. The van der Waals surface area contributed by atoms with Gasteiger partial charge in [-0.2, -0.15) is 0 Å². The second-order valence-corrected chi connectivity index (χ2v) is 7.58. The molecule has 1 saturated carbocycles. The molecule has 0 radical (unpaired) electrons. The highest BCUT2D eigenvalue weighted by molar-refractivity contribution is 7.91. The Morgan fingerprint density at radius 3 is 2.48 bits per heavy atom. The number of carboxylic acids is 1. The van der Waals surface area contributed by atoms with Gasteiger partial charge in [-0.05, 0) is 38.3 Å². The SMILES string of the molecule is CC(C(=O)O)N(CCCS(=O)(=O)c1ccccc1)C1CC1. The lowest BCUT2D eigenvalue weighted by molar-refractivity contribution is -0.142. The Labute approximate surface area is 125 Å². The minimum atomic E-state index is -3.28. The third kappa shape index (κ3) is 4.28. The van der Waals surface area contributed by atoms with E-state index in [1.54, 1.807) is 37.3 Å². The van der Waals surface area contributed by atoms with Crippen LogP contribution in [0.2, 0.25) is 0 Å². The topological polar surface area (TPSA) is 74.7 Å². The fourth-order valence-electron chi connectivity index (χ4n) is 2.42. The van der Waals surface area contributed by atoms with Crippen LogP contribution in [0.1, 0.15) is 26.2 Å². The zero-order valence-electron chi connectivity index (χ0n) is 12.1. The van der Waals surface area contributed by atoms with Gasteiger partial charge in [0.25, 0.3) is 0 Å². The average Bonchev–Trinajstić information content (AvgIpc) is 3.28. The summed E-state index contributed by atoms with van der Waals surface area (Å²) < 4.78 is 24.3. The zero-order valence-corrected chi connectivity index (χ0v) is 12.9. The molecule has 116 valence electrons. The molecule has 1 aliphatic rings. The van der Waals surface area contributed by atoms with Crippen molar-refractivity contribution in [3.05, 3.63) is 30.3 Å². The van der Waals surface area contributed by atoms with E-state index < -0.39 is 21.8 Å². The summed E-state index contributed by atoms with van der Waals surface area (Å²) in [5.41, 5.74) is 0. The molecule has 6 heteroatoms. The van der Waals surface area contributed by atoms with Crippen molar-refractivity contribution >= 4 is 15.8 Å². The van der Waals surface area contributed by atoms with Crippen LogP contribution in [0.25, 0.3) is 0 Å². The smallest absolute Gasteiger partial charge is 0.320 e. The van der Waals surface area contributed by atoms with E-state index in [0.29, 0.717) is 23.9 Å². The maximum Gasteiger partial charge on any atom is 0.320 e. The fourth-order valence-corrected chi connectivity index (χ4v) is 3.74. The van der Waals surface area contributed by atoms with Crippen molar-refractivity contribution in [2.75, 3.05) is 12.3 Å². The van der Waals surface area contributed by atoms with Gasteiger partial charge in [0, 0.05) is 12.6 Å². The zero-order chi connectivity index (χ0) is 15.5. The van der Waals surface area contributed by atoms with Crippen molar-refractivity contribution in [3.8, 4) is 0 Å². The fraction of sp³-hybridized carbons (Fsp3) is 0.533. The Morgan fingerprint density at radius 1 is 1.33 bits per heavy atom. The Kier molecular flexibility index (Phi) is 5.00. The molecule has 2 rings (SSSR count). The third-order valence-corrected chi connectivity index (χ3v) is 5.62. The Balaban J connectivity index is 1.92. The highest BCUT2D eigenvalue weighted by Gasteiger charge is 2.34. The predicted octanol–water partition coefficient (Wildman–Crippen LogP) is 1.79. The molecular formula is C15H21NO4S. The van der Waals surface area contributed by atoms with E-state index in [0.717, 1.165) is 12.8 Å². The van der Waals surface area contributed by atoms with Crippen LogP contribution in [0.5, 0.6) is 0 Å². The molecule has 0 spiro atoms. The molecule has 0 amide bonds. The summed E-state index contributed by atoms with van der Waals surface area (Å²) in [6, 6.07) is 8.11. The number of carboxylic acid groups (broad SMARTS) is 1. The minimum absolute atomic E-state index is 0.0482. The van der Waals surface area contributed by atoms with Gasteiger partial charge in [0.2, 0.25) is 0 Å². The second-order valence-electron chi connectivity index (χ2n) is 5.47. The molecule has 1 aromatic rings. The van der Waals surface area contributed by atoms with Crippen molar-refractivity contribution in [3.63, 3.8) is 0 Å². The molecule has 1 N–H and O–H groups in total. The van der Waals surface area contributed by atoms with E-state index in [4.69, 9.17) is 5.11 Å². The number of carbonyl (C=O) groups is 1. The van der Waals surface area contributed by atoms with Crippen molar-refractivity contribution in [1.29, 1.82) is 0 Å². The van der Waals surface area contributed by atoms with E-state index in [1.165, 1.54) is 0 Å². The summed E-state index contributed by atoms with van der Waals surface area (Å²) >= 11 is 0. The van der Waals surface area contributed by atoms with Crippen LogP contribution in [-0.2, 0) is 14.6 Å². The maximum absolute atomic E-state index is 12.2. The molecule has 21 heavy (non-hydrogen) atoms. The van der Waals surface area contributed by atoms with Crippen LogP contribution < -0.4 is 0 Å². The monoisotopic (exact) mass is 311 g/mol. The first kappa shape index (κ1) is 16.0. The number of sulfone groups is 1. The van der Waals surface area contributed by atoms with Crippen molar-refractivity contribution in [1.82, 2.24) is 4.90 Å². The quantitative estimate of drug-likeness (QED) is 0.792. The summed E-state index contributed by atoms with van der Waals surface area (Å²) in [7, 11) is -3.28. The standard InChI is InChI=1S/C15H21NO4S/c1-12(15(17)18)16(13-8-9-13)10-5-11-21(19,20)14-6-3-2-4-7-14/h2-4,6-7,12-13H,5,8-11H2,1H3,(H,17,18). The Morgan fingerprint density at radius 2 is 1.95 bits per heavy atom. The number of nitrogens with zero attached hydrogens (tertiary/aromatic N) is 1. The first-order valence-electron chi connectivity index (χ1n) is 7.18. The van der Waals surface area contributed by atoms with Gasteiger partial charge in [-0.1, -0.05) is 18.2 Å². The molecule has 1 aliphatic carbocycles. The lowest BCUT2D eigenvalue weighted by Gasteiger charge is -2.25. The lowest BCUT2D eigenvalue weighted by Crippen LogP contribution is -2.41. The van der Waals surface area contributed by atoms with Crippen molar-refractivity contribution in [2.24, 2.45) is 0 Å². The summed E-state index contributed by atoms with van der Waals surface area (Å²) in [5.74, 6) is -0.806. The van der Waals surface area contributed by atoms with Gasteiger partial charge < -0.3 is 5.11 Å². The summed E-state index contributed by atoms with van der Waals surface area (Å²) in [6.45, 7) is 2.16. The normalized spacial score (nSPS) is 16.9. The van der Waals surface area contributed by atoms with E-state index in [2.05, 4.69) is 0 Å². The van der Waals surface area contributed by atoms with Crippen molar-refractivity contribution in [2.45, 2.75) is 43.2 Å². The van der Waals surface area contributed by atoms with Gasteiger partial charge >= 0.3 is 5.97 Å². The van der Waals surface area contributed by atoms with Crippen LogP contribution in [0.4, 0.5) is 0 Å². The van der Waals surface area contributed by atoms with E-state index in [9.17, 15) is 13.2 Å². The summed E-state index contributed by atoms with van der Waals surface area (Å²) in [4.78, 5) is 13.3. The molecule has 0 saturated heterocycles. The average molecular weight is 311 g/mol. The van der Waals surface area contributed by atoms with Gasteiger partial charge in [-0.3, -0.25) is 9.69 Å². The largest absolute Gasteiger partial charge is 0.480 e. The van der Waals surface area contributed by atoms with Crippen molar-refractivity contribution < 1.29 is 18.3 Å². The summed E-state index contributed by atoms with van der Waals surface area (Å²) in [6.07, 6.45) is 2.46. The van der Waals surface area contributed by atoms with Gasteiger partial charge in [0.05, 0.1) is 10.6 Å². The number of rotatable bonds is 8. The minimum Gasteiger partial charge on any atom is -0.480 e. The van der Waals surface area contributed by atoms with Crippen LogP contribution in [0, 0.1) is 0 Å². The van der Waals surface area contributed by atoms with Crippen LogP contribution in [-0.4, -0.2) is 48.8 Å². The third-order valence-electron chi connectivity index (χ3n) is 3.80. The van der Waals surface area contributed by atoms with Gasteiger partial charge in [-0.25, -0.2) is 8.42 Å². The highest BCUT2D eigenvalue weighted by atomic mass is 32.2. The highest BCUT2D eigenvalue weighted by Crippen LogP contribution is 2.29. The lowest BCUT2D eigenvalue weighted by atomic mass is 10.2. The number of hydrogen-bond acceptors (Lipinski definition) is 4. The van der Waals surface area contributed by atoms with E-state index in [-0.39, 0.29) is 5.75 Å². The Hall–Kier alpha value is -1.40.